The third-order valence-electron chi connectivity index (χ3n) is 2.91. The first kappa shape index (κ1) is 13.4. The van der Waals surface area contributed by atoms with Crippen molar-refractivity contribution in [2.24, 2.45) is 0 Å². The summed E-state index contributed by atoms with van der Waals surface area (Å²) >= 11 is 1.54. The Morgan fingerprint density at radius 3 is 2.78 bits per heavy atom. The molecule has 0 aromatic heterocycles. The van der Waals surface area contributed by atoms with Gasteiger partial charge in [0.15, 0.2) is 0 Å². The van der Waals surface area contributed by atoms with Crippen LogP contribution >= 0.6 is 11.8 Å². The summed E-state index contributed by atoms with van der Waals surface area (Å²) in [6.07, 6.45) is 0.768. The highest BCUT2D eigenvalue weighted by Crippen LogP contribution is 2.20. The van der Waals surface area contributed by atoms with Gasteiger partial charge in [0.1, 0.15) is 5.82 Å². The molecule has 0 unspecified atom stereocenters. The summed E-state index contributed by atoms with van der Waals surface area (Å²) in [4.78, 5) is 14.4. The van der Waals surface area contributed by atoms with Crippen LogP contribution in [0.1, 0.15) is 12.8 Å². The highest BCUT2D eigenvalue weighted by molar-refractivity contribution is 7.99. The summed E-state index contributed by atoms with van der Waals surface area (Å²) in [7, 11) is 0. The normalized spacial score (nSPS) is 19.2. The summed E-state index contributed by atoms with van der Waals surface area (Å²) in [5.74, 6) is 0.513. The molecule has 0 radical (unpaired) electrons. The molecule has 3 nitrogen and oxygen atoms in total. The summed E-state index contributed by atoms with van der Waals surface area (Å²) in [6.45, 7) is 1.11. The molecule has 1 N–H and O–H groups in total. The summed E-state index contributed by atoms with van der Waals surface area (Å²) in [6, 6.07) is 6.26. The first-order valence-electron chi connectivity index (χ1n) is 5.99. The van der Waals surface area contributed by atoms with Gasteiger partial charge in [-0.2, -0.15) is 0 Å². The first-order valence-corrected chi connectivity index (χ1v) is 6.98. The third-order valence-corrected chi connectivity index (χ3v) is 3.93. The van der Waals surface area contributed by atoms with Gasteiger partial charge in [-0.05, 0) is 30.7 Å². The van der Waals surface area contributed by atoms with E-state index < -0.39 is 0 Å². The van der Waals surface area contributed by atoms with E-state index in [2.05, 4.69) is 0 Å². The maximum atomic E-state index is 12.7. The largest absolute Gasteiger partial charge is 0.391 e. The van der Waals surface area contributed by atoms with Crippen LogP contribution < -0.4 is 0 Å². The molecule has 1 atom stereocenters. The average molecular weight is 269 g/mol. The van der Waals surface area contributed by atoms with Gasteiger partial charge in [-0.3, -0.25) is 4.79 Å². The van der Waals surface area contributed by atoms with Crippen LogP contribution in [0.4, 0.5) is 4.39 Å². The number of amides is 1. The Morgan fingerprint density at radius 2 is 2.17 bits per heavy atom. The quantitative estimate of drug-likeness (QED) is 0.849. The Hall–Kier alpha value is -1.07. The summed E-state index contributed by atoms with van der Waals surface area (Å²) in [5, 5.41) is 9.34. The van der Waals surface area contributed by atoms with E-state index in [4.69, 9.17) is 0 Å². The fraction of sp³-hybridized carbons (Fsp3) is 0.462. The van der Waals surface area contributed by atoms with Crippen molar-refractivity contribution >= 4 is 17.7 Å². The second kappa shape index (κ2) is 6.20. The van der Waals surface area contributed by atoms with E-state index in [1.165, 1.54) is 12.1 Å². The molecule has 1 aromatic rings. The van der Waals surface area contributed by atoms with Crippen LogP contribution in [0.15, 0.2) is 29.2 Å². The monoisotopic (exact) mass is 269 g/mol. The highest BCUT2D eigenvalue weighted by atomic mass is 32.2. The topological polar surface area (TPSA) is 40.5 Å². The van der Waals surface area contributed by atoms with E-state index in [1.54, 1.807) is 28.8 Å². The van der Waals surface area contributed by atoms with E-state index in [0.717, 1.165) is 4.90 Å². The second-order valence-corrected chi connectivity index (χ2v) is 5.50. The molecule has 1 amide bonds. The zero-order valence-corrected chi connectivity index (χ0v) is 10.8. The molecular formula is C13H16FNO2S. The van der Waals surface area contributed by atoms with Gasteiger partial charge < -0.3 is 10.0 Å². The number of likely N-dealkylation sites (tertiary alicyclic amines) is 1. The fourth-order valence-corrected chi connectivity index (χ4v) is 2.75. The lowest BCUT2D eigenvalue weighted by molar-refractivity contribution is -0.130. The number of benzene rings is 1. The number of carbonyl (C=O) groups is 1. The van der Waals surface area contributed by atoms with Crippen molar-refractivity contribution in [3.8, 4) is 0 Å². The number of thioether (sulfide) groups is 1. The summed E-state index contributed by atoms with van der Waals surface area (Å²) < 4.78 is 12.7. The average Bonchev–Trinajstić information content (AvgIpc) is 2.78. The van der Waals surface area contributed by atoms with Crippen molar-refractivity contribution in [2.45, 2.75) is 23.8 Å². The van der Waals surface area contributed by atoms with E-state index in [-0.39, 0.29) is 17.8 Å². The number of nitrogens with zero attached hydrogens (tertiary/aromatic N) is 1. The van der Waals surface area contributed by atoms with E-state index >= 15 is 0 Å². The van der Waals surface area contributed by atoms with E-state index in [9.17, 15) is 14.3 Å². The molecule has 98 valence electrons. The number of aliphatic hydroxyl groups excluding tert-OH is 1. The van der Waals surface area contributed by atoms with Crippen LogP contribution in [0.3, 0.4) is 0 Å². The molecule has 2 rings (SSSR count). The van der Waals surface area contributed by atoms with Gasteiger partial charge in [0.2, 0.25) is 5.91 Å². The van der Waals surface area contributed by atoms with Gasteiger partial charge in [-0.1, -0.05) is 0 Å². The maximum absolute atomic E-state index is 12.7. The molecule has 1 heterocycles. The highest BCUT2D eigenvalue weighted by Gasteiger charge is 2.23. The zero-order valence-electron chi connectivity index (χ0n) is 10.0. The Balaban J connectivity index is 1.72. The molecule has 1 aromatic carbocycles. The van der Waals surface area contributed by atoms with E-state index in [1.807, 2.05) is 0 Å². The smallest absolute Gasteiger partial charge is 0.223 e. The van der Waals surface area contributed by atoms with Gasteiger partial charge in [-0.25, -0.2) is 4.39 Å². The predicted molar refractivity (Wildman–Crippen MR) is 68.9 cm³/mol. The minimum absolute atomic E-state index is 0.0844. The number of hydrogen-bond donors (Lipinski definition) is 1. The number of carbonyl (C=O) groups excluding carboxylic acids is 1. The van der Waals surface area contributed by atoms with Crippen LogP contribution in [0.5, 0.6) is 0 Å². The first-order chi connectivity index (χ1) is 8.65. The minimum Gasteiger partial charge on any atom is -0.391 e. The molecule has 1 aliphatic rings. The minimum atomic E-state index is -0.362. The molecule has 0 spiro atoms. The van der Waals surface area contributed by atoms with Crippen molar-refractivity contribution in [1.82, 2.24) is 4.90 Å². The molecule has 1 saturated heterocycles. The molecule has 18 heavy (non-hydrogen) atoms. The molecule has 1 aliphatic heterocycles. The zero-order chi connectivity index (χ0) is 13.0. The standard InChI is InChI=1S/C13H16FNO2S/c14-10-1-3-12(4-2-10)18-8-6-13(17)15-7-5-11(16)9-15/h1-4,11,16H,5-9H2/t11-/m1/s1. The van der Waals surface area contributed by atoms with Crippen molar-refractivity contribution in [3.63, 3.8) is 0 Å². The lowest BCUT2D eigenvalue weighted by Crippen LogP contribution is -2.29. The molecule has 0 bridgehead atoms. The molecule has 5 heteroatoms. The Bertz CT molecular complexity index is 410. The lowest BCUT2D eigenvalue weighted by atomic mass is 10.3. The molecule has 0 aliphatic carbocycles. The Labute approximate surface area is 110 Å². The molecule has 1 fully saturated rings. The van der Waals surface area contributed by atoms with E-state index in [0.29, 0.717) is 31.7 Å². The number of β-amino-alcohol motifs (C(OH)–C–C–N with tert-alkyl or cyclic N) is 1. The number of hydrogen-bond acceptors (Lipinski definition) is 3. The number of halogens is 1. The van der Waals surface area contributed by atoms with Crippen LogP contribution in [0.25, 0.3) is 0 Å². The van der Waals surface area contributed by atoms with Crippen LogP contribution in [0.2, 0.25) is 0 Å². The van der Waals surface area contributed by atoms with Gasteiger partial charge in [0.25, 0.3) is 0 Å². The van der Waals surface area contributed by atoms with Crippen molar-refractivity contribution < 1.29 is 14.3 Å². The van der Waals surface area contributed by atoms with Crippen molar-refractivity contribution in [1.29, 1.82) is 0 Å². The molecular weight excluding hydrogens is 253 g/mol. The maximum Gasteiger partial charge on any atom is 0.223 e. The van der Waals surface area contributed by atoms with Crippen LogP contribution in [-0.4, -0.2) is 40.9 Å². The number of aliphatic hydroxyl groups is 1. The fourth-order valence-electron chi connectivity index (χ4n) is 1.91. The lowest BCUT2D eigenvalue weighted by Gasteiger charge is -2.15. The van der Waals surface area contributed by atoms with Gasteiger partial charge in [-0.15, -0.1) is 11.8 Å². The van der Waals surface area contributed by atoms with Crippen molar-refractivity contribution in [2.75, 3.05) is 18.8 Å². The second-order valence-electron chi connectivity index (χ2n) is 4.33. The van der Waals surface area contributed by atoms with Gasteiger partial charge >= 0.3 is 0 Å². The van der Waals surface area contributed by atoms with Gasteiger partial charge in [0, 0.05) is 30.2 Å². The number of rotatable bonds is 4. The predicted octanol–water partition coefficient (Wildman–Crippen LogP) is 1.90. The van der Waals surface area contributed by atoms with Gasteiger partial charge in [0.05, 0.1) is 6.10 Å². The Morgan fingerprint density at radius 1 is 1.44 bits per heavy atom. The summed E-state index contributed by atoms with van der Waals surface area (Å²) in [5.41, 5.74) is 0. The molecule has 0 saturated carbocycles. The third kappa shape index (κ3) is 3.71. The van der Waals surface area contributed by atoms with Crippen molar-refractivity contribution in [3.05, 3.63) is 30.1 Å². The van der Waals surface area contributed by atoms with Crippen LogP contribution in [-0.2, 0) is 4.79 Å². The Kier molecular flexibility index (Phi) is 4.60. The SMILES string of the molecule is O=C(CCSc1ccc(F)cc1)N1CC[C@@H](O)C1. The van der Waals surface area contributed by atoms with Crippen LogP contribution in [0, 0.1) is 5.82 Å².